The van der Waals surface area contributed by atoms with E-state index < -0.39 is 26.7 Å². The number of carboxylic acids is 1. The van der Waals surface area contributed by atoms with E-state index in [0.29, 0.717) is 6.42 Å². The molecule has 0 amide bonds. The maximum absolute atomic E-state index is 13.6. The molecule has 0 saturated carbocycles. The normalized spacial score (nSPS) is 11.5. The van der Waals surface area contributed by atoms with Gasteiger partial charge >= 0.3 is 5.97 Å². The highest BCUT2D eigenvalue weighted by Crippen LogP contribution is 2.17. The second-order valence-corrected chi connectivity index (χ2v) is 6.95. The third kappa shape index (κ3) is 3.87. The SMILES string of the molecule is O=C(O)c1ccc(F)c(S(=O)(=O)NCCc2cccs2)c1. The summed E-state index contributed by atoms with van der Waals surface area (Å²) in [7, 11) is -4.08. The number of halogens is 1. The summed E-state index contributed by atoms with van der Waals surface area (Å²) >= 11 is 1.49. The number of hydrogen-bond donors (Lipinski definition) is 2. The third-order valence-corrected chi connectivity index (χ3v) is 5.12. The van der Waals surface area contributed by atoms with Gasteiger partial charge in [0, 0.05) is 11.4 Å². The van der Waals surface area contributed by atoms with Crippen LogP contribution in [0, 0.1) is 5.82 Å². The number of carbonyl (C=O) groups is 1. The van der Waals surface area contributed by atoms with E-state index in [2.05, 4.69) is 4.72 Å². The summed E-state index contributed by atoms with van der Waals surface area (Å²) in [5.41, 5.74) is -0.282. The molecular weight excluding hydrogens is 317 g/mol. The molecule has 0 unspecified atom stereocenters. The zero-order valence-electron chi connectivity index (χ0n) is 10.7. The predicted octanol–water partition coefficient (Wildman–Crippen LogP) is 2.11. The maximum Gasteiger partial charge on any atom is 0.335 e. The molecule has 0 spiro atoms. The van der Waals surface area contributed by atoms with E-state index in [1.807, 2.05) is 17.5 Å². The fourth-order valence-corrected chi connectivity index (χ4v) is 3.53. The van der Waals surface area contributed by atoms with Crippen LogP contribution in [0.5, 0.6) is 0 Å². The van der Waals surface area contributed by atoms with Gasteiger partial charge in [-0.15, -0.1) is 11.3 Å². The number of rotatable bonds is 6. The lowest BCUT2D eigenvalue weighted by Gasteiger charge is -2.08. The summed E-state index contributed by atoms with van der Waals surface area (Å²) in [6.07, 6.45) is 0.483. The van der Waals surface area contributed by atoms with Crippen LogP contribution >= 0.6 is 11.3 Å². The topological polar surface area (TPSA) is 83.5 Å². The second kappa shape index (κ2) is 6.33. The standard InChI is InChI=1S/C13H12FNO4S2/c14-11-4-3-9(13(16)17)8-12(11)21(18,19)15-6-5-10-2-1-7-20-10/h1-4,7-8,15H,5-6H2,(H,16,17). The predicted molar refractivity (Wildman–Crippen MR) is 76.6 cm³/mol. The van der Waals surface area contributed by atoms with Crippen molar-refractivity contribution in [2.75, 3.05) is 6.54 Å². The van der Waals surface area contributed by atoms with E-state index in [1.54, 1.807) is 0 Å². The van der Waals surface area contributed by atoms with Crippen LogP contribution < -0.4 is 4.72 Å². The van der Waals surface area contributed by atoms with Crippen molar-refractivity contribution in [2.45, 2.75) is 11.3 Å². The van der Waals surface area contributed by atoms with Crippen LogP contribution in [-0.4, -0.2) is 26.0 Å². The summed E-state index contributed by atoms with van der Waals surface area (Å²) in [5.74, 6) is -2.30. The summed E-state index contributed by atoms with van der Waals surface area (Å²) in [5, 5.41) is 10.7. The van der Waals surface area contributed by atoms with Crippen LogP contribution in [0.2, 0.25) is 0 Å². The molecule has 1 aromatic carbocycles. The average Bonchev–Trinajstić information content (AvgIpc) is 2.91. The molecule has 8 heteroatoms. The van der Waals surface area contributed by atoms with Crippen molar-refractivity contribution in [3.63, 3.8) is 0 Å². The number of nitrogens with one attached hydrogen (secondary N) is 1. The Labute approximate surface area is 125 Å². The Morgan fingerprint density at radius 3 is 2.71 bits per heavy atom. The summed E-state index contributed by atoms with van der Waals surface area (Å²) < 4.78 is 39.9. The maximum atomic E-state index is 13.6. The number of carboxylic acid groups (broad SMARTS) is 1. The Balaban J connectivity index is 2.15. The highest BCUT2D eigenvalue weighted by molar-refractivity contribution is 7.89. The van der Waals surface area contributed by atoms with Gasteiger partial charge in [0.25, 0.3) is 0 Å². The minimum atomic E-state index is -4.08. The second-order valence-electron chi connectivity index (χ2n) is 4.18. The molecule has 0 saturated heterocycles. The first kappa shape index (κ1) is 15.6. The van der Waals surface area contributed by atoms with Crippen LogP contribution in [0.3, 0.4) is 0 Å². The summed E-state index contributed by atoms with van der Waals surface area (Å²) in [6.45, 7) is 0.111. The average molecular weight is 329 g/mol. The van der Waals surface area contributed by atoms with Crippen LogP contribution in [0.4, 0.5) is 4.39 Å². The molecule has 1 heterocycles. The lowest BCUT2D eigenvalue weighted by Crippen LogP contribution is -2.27. The van der Waals surface area contributed by atoms with E-state index in [9.17, 15) is 17.6 Å². The van der Waals surface area contributed by atoms with Crippen molar-refractivity contribution in [1.82, 2.24) is 4.72 Å². The van der Waals surface area contributed by atoms with Crippen molar-refractivity contribution in [1.29, 1.82) is 0 Å². The van der Waals surface area contributed by atoms with Gasteiger partial charge < -0.3 is 5.11 Å². The number of hydrogen-bond acceptors (Lipinski definition) is 4. The molecule has 0 radical (unpaired) electrons. The molecule has 0 aliphatic heterocycles. The quantitative estimate of drug-likeness (QED) is 0.850. The van der Waals surface area contributed by atoms with E-state index in [1.165, 1.54) is 11.3 Å². The first-order chi connectivity index (χ1) is 9.90. The van der Waals surface area contributed by atoms with Crippen molar-refractivity contribution >= 4 is 27.3 Å². The third-order valence-electron chi connectivity index (χ3n) is 2.71. The molecule has 1 aromatic heterocycles. The van der Waals surface area contributed by atoms with Gasteiger partial charge in [-0.05, 0) is 36.1 Å². The Bertz CT molecular complexity index is 742. The smallest absolute Gasteiger partial charge is 0.335 e. The Morgan fingerprint density at radius 1 is 1.33 bits per heavy atom. The van der Waals surface area contributed by atoms with E-state index in [-0.39, 0.29) is 12.1 Å². The number of thiophene rings is 1. The molecule has 0 fully saturated rings. The van der Waals surface area contributed by atoms with E-state index >= 15 is 0 Å². The minimum Gasteiger partial charge on any atom is -0.478 e. The number of benzene rings is 1. The summed E-state index contributed by atoms with van der Waals surface area (Å²) in [4.78, 5) is 11.2. The first-order valence-electron chi connectivity index (χ1n) is 5.95. The fourth-order valence-electron chi connectivity index (χ4n) is 1.68. The molecule has 5 nitrogen and oxygen atoms in total. The number of sulfonamides is 1. The first-order valence-corrected chi connectivity index (χ1v) is 8.31. The van der Waals surface area contributed by atoms with Gasteiger partial charge in [-0.25, -0.2) is 22.3 Å². The van der Waals surface area contributed by atoms with Gasteiger partial charge in [0.15, 0.2) is 0 Å². The monoisotopic (exact) mass is 329 g/mol. The van der Waals surface area contributed by atoms with Crippen LogP contribution in [0.1, 0.15) is 15.2 Å². The lowest BCUT2D eigenvalue weighted by atomic mass is 10.2. The molecule has 0 aliphatic rings. The Morgan fingerprint density at radius 2 is 2.10 bits per heavy atom. The molecular formula is C13H12FNO4S2. The Kier molecular flexibility index (Phi) is 4.71. The lowest BCUT2D eigenvalue weighted by molar-refractivity contribution is 0.0696. The number of aromatic carboxylic acids is 1. The van der Waals surface area contributed by atoms with Crippen LogP contribution in [0.25, 0.3) is 0 Å². The summed E-state index contributed by atoms with van der Waals surface area (Å²) in [6, 6.07) is 6.37. The minimum absolute atomic E-state index is 0.111. The van der Waals surface area contributed by atoms with Gasteiger partial charge in [-0.3, -0.25) is 0 Å². The van der Waals surface area contributed by atoms with E-state index in [4.69, 9.17) is 5.11 Å². The van der Waals surface area contributed by atoms with Gasteiger partial charge in [0.05, 0.1) is 5.56 Å². The molecule has 2 N–H and O–H groups in total. The fraction of sp³-hybridized carbons (Fsp3) is 0.154. The Hall–Kier alpha value is -1.77. The zero-order valence-corrected chi connectivity index (χ0v) is 12.4. The van der Waals surface area contributed by atoms with Crippen LogP contribution in [0.15, 0.2) is 40.6 Å². The van der Waals surface area contributed by atoms with Gasteiger partial charge in [0.2, 0.25) is 10.0 Å². The van der Waals surface area contributed by atoms with Crippen molar-refractivity contribution in [3.05, 3.63) is 52.0 Å². The highest BCUT2D eigenvalue weighted by Gasteiger charge is 2.20. The highest BCUT2D eigenvalue weighted by atomic mass is 32.2. The van der Waals surface area contributed by atoms with Crippen molar-refractivity contribution in [3.8, 4) is 0 Å². The van der Waals surface area contributed by atoms with Gasteiger partial charge in [0.1, 0.15) is 10.7 Å². The molecule has 21 heavy (non-hydrogen) atoms. The molecule has 2 rings (SSSR count). The van der Waals surface area contributed by atoms with Gasteiger partial charge in [-0.1, -0.05) is 6.07 Å². The molecule has 0 atom stereocenters. The van der Waals surface area contributed by atoms with E-state index in [0.717, 1.165) is 23.1 Å². The molecule has 0 bridgehead atoms. The molecule has 0 aliphatic carbocycles. The van der Waals surface area contributed by atoms with Gasteiger partial charge in [-0.2, -0.15) is 0 Å². The zero-order chi connectivity index (χ0) is 15.5. The molecule has 2 aromatic rings. The molecule has 112 valence electrons. The largest absolute Gasteiger partial charge is 0.478 e. The van der Waals surface area contributed by atoms with Crippen LogP contribution in [-0.2, 0) is 16.4 Å². The van der Waals surface area contributed by atoms with Crippen molar-refractivity contribution in [2.24, 2.45) is 0 Å². The van der Waals surface area contributed by atoms with Crippen molar-refractivity contribution < 1.29 is 22.7 Å².